The molecule has 2 heterocycles. The highest BCUT2D eigenvalue weighted by Gasteiger charge is 2.17. The molecule has 6 nitrogen and oxygen atoms in total. The average molecular weight is 501 g/mol. The Balaban J connectivity index is 1.84. The first-order chi connectivity index (χ1) is 18.1. The number of para-hydroxylation sites is 4. The number of hydrogen-bond donors (Lipinski definition) is 1. The summed E-state index contributed by atoms with van der Waals surface area (Å²) in [7, 11) is 0. The fourth-order valence-electron chi connectivity index (χ4n) is 4.37. The minimum absolute atomic E-state index is 0.558. The molecule has 6 aromatic rings. The molecule has 37 heavy (non-hydrogen) atoms. The summed E-state index contributed by atoms with van der Waals surface area (Å²) in [6.07, 6.45) is 0. The molecule has 4 aromatic carbocycles. The van der Waals surface area contributed by atoms with Crippen LogP contribution in [0.15, 0.2) is 108 Å². The van der Waals surface area contributed by atoms with Gasteiger partial charge in [0, 0.05) is 5.69 Å². The Kier molecular flexibility index (Phi) is 5.82. The molecule has 0 fully saturated rings. The van der Waals surface area contributed by atoms with E-state index >= 15 is 0 Å². The number of hydrogen-bond acceptors (Lipinski definition) is 5. The maximum atomic E-state index is 6.18. The molecular weight excluding hydrogens is 476 g/mol. The summed E-state index contributed by atoms with van der Waals surface area (Å²) in [4.78, 5) is 10.2. The molecule has 0 unspecified atom stereocenters. The maximum absolute atomic E-state index is 6.18. The summed E-state index contributed by atoms with van der Waals surface area (Å²) in [6, 6.07) is 34.1. The zero-order chi connectivity index (χ0) is 25.4. The molecule has 2 aromatic heterocycles. The number of nitrogens with one attached hydrogen (secondary N) is 1. The zero-order valence-electron chi connectivity index (χ0n) is 20.5. The van der Waals surface area contributed by atoms with Gasteiger partial charge in [0.2, 0.25) is 0 Å². The number of aromatic nitrogens is 4. The molecule has 180 valence electrons. The van der Waals surface area contributed by atoms with E-state index in [1.54, 1.807) is 0 Å². The molecule has 1 N–H and O–H groups in total. The number of benzene rings is 4. The highest BCUT2D eigenvalue weighted by Crippen LogP contribution is 2.22. The average Bonchev–Trinajstić information content (AvgIpc) is 3.04. The Bertz CT molecular complexity index is 1890. The standard InChI is InChI=1S/C30H24N6S/c1-20-16-18-23(19-17-20)35-28-27(34-33-22-11-4-3-5-12-22)29(32-25-14-8-7-13-24(25)31-28)36(30(35)37)26-15-9-6-10-21(26)2/h3-19,33H,1-2H3. The Morgan fingerprint density at radius 1 is 0.676 bits per heavy atom. The van der Waals surface area contributed by atoms with Crippen molar-refractivity contribution in [1.29, 1.82) is 0 Å². The van der Waals surface area contributed by atoms with E-state index in [4.69, 9.17) is 27.3 Å². The van der Waals surface area contributed by atoms with E-state index in [2.05, 4.69) is 55.7 Å². The van der Waals surface area contributed by atoms with Crippen LogP contribution in [0.25, 0.3) is 33.7 Å². The summed E-state index contributed by atoms with van der Waals surface area (Å²) >= 11 is 6.18. The molecule has 0 aliphatic carbocycles. The van der Waals surface area contributed by atoms with E-state index in [-0.39, 0.29) is 0 Å². The molecule has 0 aliphatic heterocycles. The number of rotatable bonds is 4. The smallest absolute Gasteiger partial charge is 0.192 e. The molecule has 0 atom stereocenters. The van der Waals surface area contributed by atoms with Crippen molar-refractivity contribution in [3.63, 3.8) is 0 Å². The normalized spacial score (nSPS) is 11.8. The lowest BCUT2D eigenvalue weighted by atomic mass is 10.2. The van der Waals surface area contributed by atoms with Crippen LogP contribution in [0.1, 0.15) is 11.1 Å². The first kappa shape index (κ1) is 22.8. The van der Waals surface area contributed by atoms with Gasteiger partial charge in [-0.1, -0.05) is 66.2 Å². The van der Waals surface area contributed by atoms with E-state index < -0.39 is 0 Å². The third kappa shape index (κ3) is 4.19. The van der Waals surface area contributed by atoms with Crippen molar-refractivity contribution >= 4 is 40.2 Å². The zero-order valence-corrected chi connectivity index (χ0v) is 21.3. The van der Waals surface area contributed by atoms with Crippen LogP contribution in [0.3, 0.4) is 0 Å². The number of fused-ring (bicyclic) bond motifs is 3. The topological polar surface area (TPSA) is 60.0 Å². The third-order valence-electron chi connectivity index (χ3n) is 6.28. The van der Waals surface area contributed by atoms with Crippen molar-refractivity contribution in [2.45, 2.75) is 13.8 Å². The summed E-state index contributed by atoms with van der Waals surface area (Å²) in [5, 5.41) is 5.47. The van der Waals surface area contributed by atoms with Gasteiger partial charge in [0.1, 0.15) is 0 Å². The molecule has 0 amide bonds. The quantitative estimate of drug-likeness (QED) is 0.218. The fourth-order valence-corrected chi connectivity index (χ4v) is 4.75. The summed E-state index contributed by atoms with van der Waals surface area (Å²) in [5.74, 6) is 0. The predicted molar refractivity (Wildman–Crippen MR) is 152 cm³/mol. The van der Waals surface area contributed by atoms with Gasteiger partial charge in [0.25, 0.3) is 0 Å². The van der Waals surface area contributed by atoms with Gasteiger partial charge >= 0.3 is 0 Å². The number of nitrogens with zero attached hydrogens (tertiary/aromatic N) is 5. The van der Waals surface area contributed by atoms with Crippen LogP contribution in [0, 0.1) is 18.6 Å². The van der Waals surface area contributed by atoms with Gasteiger partial charge in [0.05, 0.1) is 22.4 Å². The molecule has 0 saturated carbocycles. The van der Waals surface area contributed by atoms with Crippen molar-refractivity contribution in [2.75, 3.05) is 5.43 Å². The summed E-state index contributed by atoms with van der Waals surface area (Å²) in [5.41, 5.74) is 10.9. The lowest BCUT2D eigenvalue weighted by Gasteiger charge is -2.17. The highest BCUT2D eigenvalue weighted by molar-refractivity contribution is 7.71. The van der Waals surface area contributed by atoms with E-state index in [9.17, 15) is 0 Å². The van der Waals surface area contributed by atoms with Gasteiger partial charge in [-0.15, -0.1) is 0 Å². The summed E-state index contributed by atoms with van der Waals surface area (Å²) in [6.45, 7) is 4.14. The first-order valence-electron chi connectivity index (χ1n) is 12.0. The monoisotopic (exact) mass is 500 g/mol. The number of aryl methyl sites for hydroxylation is 2. The van der Waals surface area contributed by atoms with Crippen LogP contribution in [0.5, 0.6) is 0 Å². The Morgan fingerprint density at radius 2 is 1.27 bits per heavy atom. The van der Waals surface area contributed by atoms with Gasteiger partial charge in [-0.25, -0.2) is 9.97 Å². The molecular formula is C30H24N6S. The molecule has 0 aliphatic rings. The van der Waals surface area contributed by atoms with E-state index in [0.29, 0.717) is 21.4 Å². The first-order valence-corrected chi connectivity index (χ1v) is 12.4. The molecule has 6 rings (SSSR count). The van der Waals surface area contributed by atoms with Gasteiger partial charge < -0.3 is 0 Å². The molecule has 7 heteroatoms. The molecule has 0 radical (unpaired) electrons. The van der Waals surface area contributed by atoms with Gasteiger partial charge in [-0.05, 0) is 74.1 Å². The maximum Gasteiger partial charge on any atom is 0.192 e. The van der Waals surface area contributed by atoms with Gasteiger partial charge in [-0.2, -0.15) is 5.10 Å². The van der Waals surface area contributed by atoms with Crippen LogP contribution in [-0.2, 0) is 0 Å². The second-order valence-corrected chi connectivity index (χ2v) is 9.24. The molecule has 0 spiro atoms. The largest absolute Gasteiger partial charge is 0.278 e. The van der Waals surface area contributed by atoms with Crippen LogP contribution < -0.4 is 10.8 Å². The second kappa shape index (κ2) is 9.44. The lowest BCUT2D eigenvalue weighted by molar-refractivity contribution is 0.881. The van der Waals surface area contributed by atoms with Crippen molar-refractivity contribution in [2.24, 2.45) is 5.10 Å². The minimum Gasteiger partial charge on any atom is -0.278 e. The van der Waals surface area contributed by atoms with Crippen molar-refractivity contribution in [3.05, 3.63) is 124 Å². The minimum atomic E-state index is 0.558. The Morgan fingerprint density at radius 3 is 1.95 bits per heavy atom. The number of anilines is 1. The molecule has 2 bridgehead atoms. The van der Waals surface area contributed by atoms with E-state index in [1.807, 2.05) is 75.9 Å². The van der Waals surface area contributed by atoms with Crippen LogP contribution >= 0.6 is 12.2 Å². The Hall–Kier alpha value is -4.62. The van der Waals surface area contributed by atoms with Crippen molar-refractivity contribution < 1.29 is 0 Å². The van der Waals surface area contributed by atoms with E-state index in [0.717, 1.165) is 39.2 Å². The fraction of sp³-hybridized carbons (Fsp3) is 0.0667. The van der Waals surface area contributed by atoms with E-state index in [1.165, 1.54) is 0 Å². The van der Waals surface area contributed by atoms with Crippen molar-refractivity contribution in [1.82, 2.24) is 19.1 Å². The SMILES string of the molecule is Cc1ccc(-n2c(=S)n(-c3ccccc3C)c3nc4ccccc4nc2c3=NNc2ccccc2)cc1. The highest BCUT2D eigenvalue weighted by atomic mass is 32.1. The van der Waals surface area contributed by atoms with Crippen LogP contribution in [-0.4, -0.2) is 19.1 Å². The second-order valence-electron chi connectivity index (χ2n) is 8.87. The van der Waals surface area contributed by atoms with Crippen LogP contribution in [0.2, 0.25) is 0 Å². The molecule has 0 saturated heterocycles. The van der Waals surface area contributed by atoms with Gasteiger partial charge in [0.15, 0.2) is 21.4 Å². The third-order valence-corrected chi connectivity index (χ3v) is 6.65. The summed E-state index contributed by atoms with van der Waals surface area (Å²) < 4.78 is 4.53. The Labute approximate surface area is 219 Å². The van der Waals surface area contributed by atoms with Crippen molar-refractivity contribution in [3.8, 4) is 11.4 Å². The predicted octanol–water partition coefficient (Wildman–Crippen LogP) is 6.64. The lowest BCUT2D eigenvalue weighted by Crippen LogP contribution is -2.23. The van der Waals surface area contributed by atoms with Crippen LogP contribution in [0.4, 0.5) is 5.69 Å². The van der Waals surface area contributed by atoms with Gasteiger partial charge in [-0.3, -0.25) is 14.6 Å².